The van der Waals surface area contributed by atoms with E-state index in [0.717, 1.165) is 25.9 Å². The van der Waals surface area contributed by atoms with Crippen molar-refractivity contribution in [3.05, 3.63) is 0 Å². The molecule has 0 heterocycles. The molecule has 0 spiro atoms. The quantitative estimate of drug-likeness (QED) is 0.560. The van der Waals surface area contributed by atoms with Gasteiger partial charge in [-0.2, -0.15) is 0 Å². The normalized spacial score (nSPS) is 15.4. The third-order valence-electron chi connectivity index (χ3n) is 3.29. The predicted molar refractivity (Wildman–Crippen MR) is 68.7 cm³/mol. The van der Waals surface area contributed by atoms with E-state index in [1.54, 1.807) is 0 Å². The highest BCUT2D eigenvalue weighted by molar-refractivity contribution is 6.74. The molecule has 0 amide bonds. The number of rotatable bonds is 6. The summed E-state index contributed by atoms with van der Waals surface area (Å²) in [6.07, 6.45) is 2.85. The fourth-order valence-corrected chi connectivity index (χ4v) is 2.17. The van der Waals surface area contributed by atoms with Crippen molar-refractivity contribution in [1.29, 1.82) is 0 Å². The van der Waals surface area contributed by atoms with Crippen molar-refractivity contribution in [3.63, 3.8) is 0 Å². The molecule has 3 heteroatoms. The summed E-state index contributed by atoms with van der Waals surface area (Å²) in [5.74, 6) is 0. The average molecular weight is 232 g/mol. The van der Waals surface area contributed by atoms with Crippen LogP contribution in [0.5, 0.6) is 0 Å². The van der Waals surface area contributed by atoms with Crippen LogP contribution in [0.2, 0.25) is 18.1 Å². The molecule has 92 valence electrons. The first-order valence-corrected chi connectivity index (χ1v) is 8.89. The summed E-state index contributed by atoms with van der Waals surface area (Å²) in [5, 5.41) is 9.41. The van der Waals surface area contributed by atoms with E-state index in [9.17, 15) is 0 Å². The van der Waals surface area contributed by atoms with Gasteiger partial charge in [0.15, 0.2) is 8.32 Å². The molecule has 2 nitrogen and oxygen atoms in total. The molecule has 0 unspecified atom stereocenters. The third-order valence-corrected chi connectivity index (χ3v) is 7.82. The summed E-state index contributed by atoms with van der Waals surface area (Å²) >= 11 is 0. The third kappa shape index (κ3) is 6.33. The summed E-state index contributed by atoms with van der Waals surface area (Å²) in [4.78, 5) is 0. The highest BCUT2D eigenvalue weighted by Gasteiger charge is 2.36. The summed E-state index contributed by atoms with van der Waals surface area (Å²) in [6.45, 7) is 14.0. The number of hydrogen-bond acceptors (Lipinski definition) is 2. The van der Waals surface area contributed by atoms with Crippen LogP contribution in [0.15, 0.2) is 0 Å². The maximum Gasteiger partial charge on any atom is 0.191 e. The van der Waals surface area contributed by atoms with Crippen LogP contribution in [-0.4, -0.2) is 26.1 Å². The molecule has 15 heavy (non-hydrogen) atoms. The maximum absolute atomic E-state index is 9.11. The Morgan fingerprint density at radius 3 is 2.13 bits per heavy atom. The predicted octanol–water partition coefficient (Wildman–Crippen LogP) is 3.56. The second-order valence-electron chi connectivity index (χ2n) is 5.95. The fourth-order valence-electron chi connectivity index (χ4n) is 1.09. The van der Waals surface area contributed by atoms with Crippen LogP contribution in [0.4, 0.5) is 0 Å². The first-order valence-electron chi connectivity index (χ1n) is 5.99. The molecule has 0 rings (SSSR count). The van der Waals surface area contributed by atoms with Crippen molar-refractivity contribution >= 4 is 8.32 Å². The van der Waals surface area contributed by atoms with E-state index in [1.807, 2.05) is 6.92 Å². The van der Waals surface area contributed by atoms with Crippen molar-refractivity contribution < 1.29 is 9.53 Å². The van der Waals surface area contributed by atoms with Gasteiger partial charge in [-0.15, -0.1) is 0 Å². The van der Waals surface area contributed by atoms with E-state index in [0.29, 0.717) is 5.04 Å². The highest BCUT2D eigenvalue weighted by Crippen LogP contribution is 2.36. The molecule has 0 aromatic carbocycles. The second-order valence-corrected chi connectivity index (χ2v) is 10.8. The fraction of sp³-hybridized carbons (Fsp3) is 1.00. The minimum Gasteiger partial charge on any atom is -0.417 e. The Hall–Kier alpha value is 0.137. The standard InChI is InChI=1S/C12H28O2Si/c1-11(13)9-7-8-10-14-15(5,6)12(2,3)4/h11,13H,7-10H2,1-6H3/t11-/m0/s1. The van der Waals surface area contributed by atoms with Crippen molar-refractivity contribution in [2.75, 3.05) is 6.61 Å². The maximum atomic E-state index is 9.11. The van der Waals surface area contributed by atoms with E-state index in [4.69, 9.17) is 9.53 Å². The Labute approximate surface area is 96.2 Å². The van der Waals surface area contributed by atoms with Gasteiger partial charge in [-0.1, -0.05) is 20.8 Å². The molecular formula is C12H28O2Si. The molecule has 0 aliphatic heterocycles. The van der Waals surface area contributed by atoms with Crippen LogP contribution >= 0.6 is 0 Å². The number of hydrogen-bond donors (Lipinski definition) is 1. The zero-order valence-electron chi connectivity index (χ0n) is 11.3. The molecular weight excluding hydrogens is 204 g/mol. The van der Waals surface area contributed by atoms with Gasteiger partial charge in [0.25, 0.3) is 0 Å². The highest BCUT2D eigenvalue weighted by atomic mass is 28.4. The van der Waals surface area contributed by atoms with Crippen LogP contribution in [0.1, 0.15) is 47.0 Å². The second kappa shape index (κ2) is 6.02. The van der Waals surface area contributed by atoms with Crippen molar-refractivity contribution in [2.24, 2.45) is 0 Å². The van der Waals surface area contributed by atoms with Gasteiger partial charge in [0.05, 0.1) is 6.10 Å². The van der Waals surface area contributed by atoms with E-state index >= 15 is 0 Å². The van der Waals surface area contributed by atoms with Gasteiger partial charge in [0.1, 0.15) is 0 Å². The van der Waals surface area contributed by atoms with Gasteiger partial charge in [-0.3, -0.25) is 0 Å². The summed E-state index contributed by atoms with van der Waals surface area (Å²) in [7, 11) is -1.54. The van der Waals surface area contributed by atoms with Crippen molar-refractivity contribution in [1.82, 2.24) is 0 Å². The molecule has 0 saturated heterocycles. The monoisotopic (exact) mass is 232 g/mol. The molecule has 0 aromatic heterocycles. The molecule has 0 aromatic rings. The van der Waals surface area contributed by atoms with Gasteiger partial charge < -0.3 is 9.53 Å². The first kappa shape index (κ1) is 15.1. The lowest BCUT2D eigenvalue weighted by atomic mass is 10.2. The molecule has 0 aliphatic carbocycles. The zero-order valence-corrected chi connectivity index (χ0v) is 12.3. The van der Waals surface area contributed by atoms with E-state index in [2.05, 4.69) is 33.9 Å². The molecule has 1 atom stereocenters. The molecule has 0 fully saturated rings. The van der Waals surface area contributed by atoms with Crippen molar-refractivity contribution in [3.8, 4) is 0 Å². The zero-order chi connectivity index (χ0) is 12.1. The molecule has 1 N–H and O–H groups in total. The smallest absolute Gasteiger partial charge is 0.191 e. The molecule has 0 radical (unpaired) electrons. The van der Waals surface area contributed by atoms with Gasteiger partial charge in [0, 0.05) is 6.61 Å². The topological polar surface area (TPSA) is 29.5 Å². The number of unbranched alkanes of at least 4 members (excludes halogenated alkanes) is 1. The van der Waals surface area contributed by atoms with Crippen LogP contribution in [0.3, 0.4) is 0 Å². The van der Waals surface area contributed by atoms with E-state index in [1.165, 1.54) is 0 Å². The Bertz CT molecular complexity index is 171. The van der Waals surface area contributed by atoms with Crippen LogP contribution in [-0.2, 0) is 4.43 Å². The number of aliphatic hydroxyl groups excluding tert-OH is 1. The van der Waals surface area contributed by atoms with Gasteiger partial charge in [-0.05, 0) is 44.3 Å². The number of aliphatic hydroxyl groups is 1. The van der Waals surface area contributed by atoms with Crippen LogP contribution < -0.4 is 0 Å². The largest absolute Gasteiger partial charge is 0.417 e. The summed E-state index contributed by atoms with van der Waals surface area (Å²) < 4.78 is 6.03. The van der Waals surface area contributed by atoms with E-state index in [-0.39, 0.29) is 6.10 Å². The average Bonchev–Trinajstić information content (AvgIpc) is 2.00. The summed E-state index contributed by atoms with van der Waals surface area (Å²) in [6, 6.07) is 0. The van der Waals surface area contributed by atoms with E-state index < -0.39 is 8.32 Å². The van der Waals surface area contributed by atoms with Crippen LogP contribution in [0, 0.1) is 0 Å². The van der Waals surface area contributed by atoms with Gasteiger partial charge in [-0.25, -0.2) is 0 Å². The molecule has 0 bridgehead atoms. The van der Waals surface area contributed by atoms with Gasteiger partial charge in [0.2, 0.25) is 0 Å². The van der Waals surface area contributed by atoms with Gasteiger partial charge >= 0.3 is 0 Å². The van der Waals surface area contributed by atoms with Crippen LogP contribution in [0.25, 0.3) is 0 Å². The Morgan fingerprint density at radius 1 is 1.20 bits per heavy atom. The lowest BCUT2D eigenvalue weighted by Gasteiger charge is -2.36. The Kier molecular flexibility index (Phi) is 6.07. The molecule has 0 saturated carbocycles. The lowest BCUT2D eigenvalue weighted by molar-refractivity contribution is 0.176. The van der Waals surface area contributed by atoms with Crippen molar-refractivity contribution in [2.45, 2.75) is 71.2 Å². The Morgan fingerprint density at radius 2 is 1.73 bits per heavy atom. The Balaban J connectivity index is 3.68. The minimum atomic E-state index is -1.54. The minimum absolute atomic E-state index is 0.169. The summed E-state index contributed by atoms with van der Waals surface area (Å²) in [5.41, 5.74) is 0. The SMILES string of the molecule is C[C@H](O)CCCCO[Si](C)(C)C(C)(C)C. The lowest BCUT2D eigenvalue weighted by Crippen LogP contribution is -2.40. The first-order chi connectivity index (χ1) is 6.67. The molecule has 0 aliphatic rings.